The number of nitrogen functional groups attached to an aromatic ring is 1. The van der Waals surface area contributed by atoms with Gasteiger partial charge in [-0.15, -0.1) is 22.7 Å². The highest BCUT2D eigenvalue weighted by molar-refractivity contribution is 7.17. The Bertz CT molecular complexity index is 635. The van der Waals surface area contributed by atoms with Gasteiger partial charge in [0.05, 0.1) is 10.2 Å². The highest BCUT2D eigenvalue weighted by Gasteiger charge is 2.08. The van der Waals surface area contributed by atoms with Crippen LogP contribution in [-0.2, 0) is 0 Å². The van der Waals surface area contributed by atoms with E-state index in [2.05, 4.69) is 16.0 Å². The van der Waals surface area contributed by atoms with Crippen LogP contribution in [0.2, 0.25) is 0 Å². The van der Waals surface area contributed by atoms with Crippen LogP contribution in [-0.4, -0.2) is 9.97 Å². The monoisotopic (exact) mass is 247 g/mol. The molecule has 0 spiro atoms. The molecule has 0 atom stereocenters. The molecule has 0 amide bonds. The molecule has 3 heterocycles. The predicted octanol–water partition coefficient (Wildman–Crippen LogP) is 3.31. The predicted molar refractivity (Wildman–Crippen MR) is 69.9 cm³/mol. The highest BCUT2D eigenvalue weighted by atomic mass is 32.1. The lowest BCUT2D eigenvalue weighted by Gasteiger charge is -1.95. The van der Waals surface area contributed by atoms with E-state index in [1.807, 2.05) is 24.6 Å². The summed E-state index contributed by atoms with van der Waals surface area (Å²) in [7, 11) is 0. The number of anilines is 1. The van der Waals surface area contributed by atoms with Crippen LogP contribution in [0.1, 0.15) is 4.88 Å². The molecule has 3 aromatic heterocycles. The van der Waals surface area contributed by atoms with E-state index in [9.17, 15) is 0 Å². The summed E-state index contributed by atoms with van der Waals surface area (Å²) < 4.78 is 1.18. The number of rotatable bonds is 1. The van der Waals surface area contributed by atoms with Crippen molar-refractivity contribution in [1.29, 1.82) is 0 Å². The Morgan fingerprint density at radius 3 is 3.00 bits per heavy atom. The number of thiophene rings is 1. The molecule has 3 rings (SSSR count). The maximum Gasteiger partial charge on any atom is 0.138 e. The van der Waals surface area contributed by atoms with E-state index in [1.54, 1.807) is 22.7 Å². The van der Waals surface area contributed by atoms with Crippen molar-refractivity contribution in [3.63, 3.8) is 0 Å². The van der Waals surface area contributed by atoms with Gasteiger partial charge in [-0.25, -0.2) is 4.98 Å². The van der Waals surface area contributed by atoms with Crippen LogP contribution in [0, 0.1) is 6.92 Å². The number of fused-ring (bicyclic) bond motifs is 1. The Morgan fingerprint density at radius 1 is 1.38 bits per heavy atom. The van der Waals surface area contributed by atoms with Gasteiger partial charge in [0.1, 0.15) is 10.8 Å². The zero-order valence-electron chi connectivity index (χ0n) is 8.60. The molecule has 3 aromatic rings. The molecule has 2 N–H and O–H groups in total. The summed E-state index contributed by atoms with van der Waals surface area (Å²) in [6.07, 6.45) is 1.85. The molecular formula is C11H9N3S2. The van der Waals surface area contributed by atoms with Crippen molar-refractivity contribution in [1.82, 2.24) is 9.97 Å². The first-order valence-electron chi connectivity index (χ1n) is 4.80. The molecule has 0 aliphatic rings. The van der Waals surface area contributed by atoms with Crippen molar-refractivity contribution in [2.75, 3.05) is 5.73 Å². The summed E-state index contributed by atoms with van der Waals surface area (Å²) in [4.78, 5) is 9.78. The average molecular weight is 247 g/mol. The fourth-order valence-electron chi connectivity index (χ4n) is 1.50. The first-order chi connectivity index (χ1) is 7.74. The molecule has 0 saturated carbocycles. The molecule has 0 fully saturated rings. The van der Waals surface area contributed by atoms with Gasteiger partial charge < -0.3 is 5.73 Å². The van der Waals surface area contributed by atoms with Crippen LogP contribution in [0.15, 0.2) is 23.7 Å². The SMILES string of the molecule is Cc1sc(-c2cnc3ccsc3c2)nc1N. The molecule has 0 aromatic carbocycles. The number of nitrogens with zero attached hydrogens (tertiary/aromatic N) is 2. The van der Waals surface area contributed by atoms with Gasteiger partial charge in [0.25, 0.3) is 0 Å². The zero-order chi connectivity index (χ0) is 11.1. The molecule has 3 nitrogen and oxygen atoms in total. The smallest absolute Gasteiger partial charge is 0.138 e. The van der Waals surface area contributed by atoms with Gasteiger partial charge in [0.15, 0.2) is 0 Å². The third kappa shape index (κ3) is 1.48. The Labute approximate surface area is 101 Å². The van der Waals surface area contributed by atoms with E-state index in [-0.39, 0.29) is 0 Å². The molecule has 80 valence electrons. The molecule has 0 unspecified atom stereocenters. The molecule has 0 aliphatic heterocycles. The average Bonchev–Trinajstić information content (AvgIpc) is 2.85. The summed E-state index contributed by atoms with van der Waals surface area (Å²) in [5.74, 6) is 0.617. The van der Waals surface area contributed by atoms with Crippen molar-refractivity contribution < 1.29 is 0 Å². The standard InChI is InChI=1S/C11H9N3S2/c1-6-10(12)14-11(16-6)7-4-9-8(13-5-7)2-3-15-9/h2-5H,12H2,1H3. The van der Waals surface area contributed by atoms with Crippen LogP contribution in [0.3, 0.4) is 0 Å². The molecule has 0 radical (unpaired) electrons. The van der Waals surface area contributed by atoms with Crippen molar-refractivity contribution in [3.8, 4) is 10.6 Å². The number of hydrogen-bond donors (Lipinski definition) is 1. The Hall–Kier alpha value is -1.46. The number of thiazole rings is 1. The van der Waals surface area contributed by atoms with Crippen LogP contribution < -0.4 is 5.73 Å². The molecular weight excluding hydrogens is 238 g/mol. The number of aryl methyl sites for hydroxylation is 1. The fraction of sp³-hybridized carbons (Fsp3) is 0.0909. The third-order valence-electron chi connectivity index (χ3n) is 2.38. The lowest BCUT2D eigenvalue weighted by Crippen LogP contribution is -1.86. The van der Waals surface area contributed by atoms with Crippen molar-refractivity contribution in [2.45, 2.75) is 6.92 Å². The van der Waals surface area contributed by atoms with Crippen molar-refractivity contribution in [3.05, 3.63) is 28.6 Å². The maximum atomic E-state index is 5.75. The van der Waals surface area contributed by atoms with Crippen LogP contribution >= 0.6 is 22.7 Å². The lowest BCUT2D eigenvalue weighted by atomic mass is 10.3. The number of aromatic nitrogens is 2. The van der Waals surface area contributed by atoms with Crippen LogP contribution in [0.4, 0.5) is 5.82 Å². The van der Waals surface area contributed by atoms with Gasteiger partial charge >= 0.3 is 0 Å². The Kier molecular flexibility index (Phi) is 2.15. The third-order valence-corrected chi connectivity index (χ3v) is 4.27. The highest BCUT2D eigenvalue weighted by Crippen LogP contribution is 2.31. The van der Waals surface area contributed by atoms with Gasteiger partial charge in [-0.2, -0.15) is 0 Å². The first kappa shape index (κ1) is 9.74. The quantitative estimate of drug-likeness (QED) is 0.717. The summed E-state index contributed by atoms with van der Waals surface area (Å²) in [6, 6.07) is 4.13. The lowest BCUT2D eigenvalue weighted by molar-refractivity contribution is 1.36. The summed E-state index contributed by atoms with van der Waals surface area (Å²) in [6.45, 7) is 1.98. The Balaban J connectivity index is 2.17. The Morgan fingerprint density at radius 2 is 2.25 bits per heavy atom. The van der Waals surface area contributed by atoms with E-state index in [1.165, 1.54) is 4.70 Å². The second kappa shape index (κ2) is 3.54. The topological polar surface area (TPSA) is 51.8 Å². The van der Waals surface area contributed by atoms with E-state index >= 15 is 0 Å². The zero-order valence-corrected chi connectivity index (χ0v) is 10.2. The fourth-order valence-corrected chi connectivity index (χ4v) is 3.09. The van der Waals surface area contributed by atoms with E-state index in [0.29, 0.717) is 5.82 Å². The largest absolute Gasteiger partial charge is 0.383 e. The summed E-state index contributed by atoms with van der Waals surface area (Å²) in [5.41, 5.74) is 7.83. The van der Waals surface area contributed by atoms with Crippen LogP contribution in [0.25, 0.3) is 20.8 Å². The number of hydrogen-bond acceptors (Lipinski definition) is 5. The molecule has 16 heavy (non-hydrogen) atoms. The minimum absolute atomic E-state index is 0.617. The second-order valence-electron chi connectivity index (χ2n) is 3.49. The molecule has 0 saturated heterocycles. The summed E-state index contributed by atoms with van der Waals surface area (Å²) in [5, 5.41) is 2.99. The maximum absolute atomic E-state index is 5.75. The van der Waals surface area contributed by atoms with E-state index in [0.717, 1.165) is 21.0 Å². The molecule has 0 bridgehead atoms. The van der Waals surface area contributed by atoms with Gasteiger partial charge in [-0.1, -0.05) is 0 Å². The van der Waals surface area contributed by atoms with Gasteiger partial charge in [0, 0.05) is 16.6 Å². The van der Waals surface area contributed by atoms with E-state index < -0.39 is 0 Å². The summed E-state index contributed by atoms with van der Waals surface area (Å²) >= 11 is 3.30. The van der Waals surface area contributed by atoms with Gasteiger partial charge in [0.2, 0.25) is 0 Å². The minimum Gasteiger partial charge on any atom is -0.383 e. The molecule has 5 heteroatoms. The number of nitrogens with two attached hydrogens (primary N) is 1. The number of pyridine rings is 1. The van der Waals surface area contributed by atoms with Crippen molar-refractivity contribution in [2.24, 2.45) is 0 Å². The van der Waals surface area contributed by atoms with Gasteiger partial charge in [-0.05, 0) is 24.4 Å². The first-order valence-corrected chi connectivity index (χ1v) is 6.50. The minimum atomic E-state index is 0.617. The van der Waals surface area contributed by atoms with Gasteiger partial charge in [-0.3, -0.25) is 4.98 Å². The second-order valence-corrected chi connectivity index (χ2v) is 5.64. The van der Waals surface area contributed by atoms with E-state index in [4.69, 9.17) is 5.73 Å². The van der Waals surface area contributed by atoms with Crippen LogP contribution in [0.5, 0.6) is 0 Å². The molecule has 0 aliphatic carbocycles. The normalized spacial score (nSPS) is 11.1. The van der Waals surface area contributed by atoms with Crippen molar-refractivity contribution >= 4 is 38.7 Å².